The van der Waals surface area contributed by atoms with Crippen molar-refractivity contribution in [1.29, 1.82) is 0 Å². The van der Waals surface area contributed by atoms with E-state index >= 15 is 0 Å². The number of carbonyl (C=O) groups excluding carboxylic acids is 1. The summed E-state index contributed by atoms with van der Waals surface area (Å²) in [5, 5.41) is 2.87. The zero-order valence-corrected chi connectivity index (χ0v) is 17.6. The normalized spacial score (nSPS) is 18.8. The van der Waals surface area contributed by atoms with Gasteiger partial charge in [-0.2, -0.15) is 0 Å². The molecule has 0 aromatic heterocycles. The molecule has 5 nitrogen and oxygen atoms in total. The molecule has 3 N–H and O–H groups in total. The van der Waals surface area contributed by atoms with Crippen molar-refractivity contribution in [2.75, 3.05) is 0 Å². The van der Waals surface area contributed by atoms with E-state index in [0.717, 1.165) is 30.8 Å². The summed E-state index contributed by atoms with van der Waals surface area (Å²) in [6, 6.07) is 6.59. The maximum atomic E-state index is 11.4. The number of nitrogens with two attached hydrogens (primary N) is 1. The molecule has 1 saturated heterocycles. The van der Waals surface area contributed by atoms with Crippen LogP contribution in [0.25, 0.3) is 5.70 Å². The minimum atomic E-state index is -0.203. The van der Waals surface area contributed by atoms with E-state index in [4.69, 9.17) is 10.5 Å². The van der Waals surface area contributed by atoms with Crippen molar-refractivity contribution < 1.29 is 9.53 Å². The molecule has 3 rings (SSSR count). The summed E-state index contributed by atoms with van der Waals surface area (Å²) >= 11 is 0. The number of aryl methyl sites for hydroxylation is 1. The fourth-order valence-corrected chi connectivity index (χ4v) is 3.65. The molecule has 0 saturated carbocycles. The molecule has 0 spiro atoms. The average molecular weight is 384 g/mol. The molecule has 5 heteroatoms. The van der Waals surface area contributed by atoms with Crippen molar-refractivity contribution in [3.8, 4) is 0 Å². The van der Waals surface area contributed by atoms with Gasteiger partial charge in [0.15, 0.2) is 5.88 Å². The first-order valence-electron chi connectivity index (χ1n) is 9.72. The minimum Gasteiger partial charge on any atom is -0.474 e. The second-order valence-electron chi connectivity index (χ2n) is 8.18. The van der Waals surface area contributed by atoms with Crippen LogP contribution in [0.2, 0.25) is 0 Å². The zero-order chi connectivity index (χ0) is 21.1. The van der Waals surface area contributed by atoms with Crippen LogP contribution in [0.4, 0.5) is 0 Å². The number of nitrogens with zero attached hydrogens (tertiary/aromatic N) is 1. The van der Waals surface area contributed by atoms with E-state index in [1.54, 1.807) is 0 Å². The lowest BCUT2D eigenvalue weighted by molar-refractivity contribution is -0.121. The maximum Gasteiger partial charge on any atom is 0.224 e. The smallest absolute Gasteiger partial charge is 0.224 e. The SMILES string of the molecule is C=C(N)OC(C)(C)C.C=C1NC(=O)CCC1N1Cc2c(CC)cccc2C1=C. The van der Waals surface area contributed by atoms with Gasteiger partial charge in [0.05, 0.1) is 6.04 Å². The molecule has 1 unspecified atom stereocenters. The van der Waals surface area contributed by atoms with Crippen LogP contribution in [0.3, 0.4) is 0 Å². The van der Waals surface area contributed by atoms with Gasteiger partial charge >= 0.3 is 0 Å². The number of fused-ring (bicyclic) bond motifs is 1. The highest BCUT2D eigenvalue weighted by Crippen LogP contribution is 2.38. The molecule has 1 atom stereocenters. The number of hydrogen-bond donors (Lipinski definition) is 2. The van der Waals surface area contributed by atoms with Gasteiger partial charge in [0.1, 0.15) is 5.60 Å². The summed E-state index contributed by atoms with van der Waals surface area (Å²) in [7, 11) is 0. The predicted octanol–water partition coefficient (Wildman–Crippen LogP) is 4.06. The Balaban J connectivity index is 0.000000300. The van der Waals surface area contributed by atoms with Gasteiger partial charge in [-0.05, 0) is 51.3 Å². The first-order valence-corrected chi connectivity index (χ1v) is 9.72. The van der Waals surface area contributed by atoms with Gasteiger partial charge in [-0.15, -0.1) is 0 Å². The van der Waals surface area contributed by atoms with Crippen LogP contribution < -0.4 is 11.1 Å². The standard InChI is InChI=1S/C17H20N2O.C6H13NO/c1-4-13-6-5-7-14-12(3)19(10-15(13)14)16-8-9-17(20)18-11(16)2;1-5(7)8-6(2,3)4/h5-7,16H,2-4,8-10H2,1H3,(H,18,20);1,7H2,2-4H3. The quantitative estimate of drug-likeness (QED) is 0.773. The van der Waals surface area contributed by atoms with Crippen LogP contribution in [0.15, 0.2) is 49.5 Å². The molecule has 0 aliphatic carbocycles. The van der Waals surface area contributed by atoms with Crippen molar-refractivity contribution in [1.82, 2.24) is 10.2 Å². The molecule has 0 radical (unpaired) electrons. The average Bonchev–Trinajstić information content (AvgIpc) is 2.90. The van der Waals surface area contributed by atoms with Crippen LogP contribution in [-0.4, -0.2) is 22.4 Å². The van der Waals surface area contributed by atoms with E-state index in [9.17, 15) is 4.79 Å². The van der Waals surface area contributed by atoms with E-state index in [2.05, 4.69) is 55.1 Å². The lowest BCUT2D eigenvalue weighted by Crippen LogP contribution is -2.43. The Kier molecular flexibility index (Phi) is 6.60. The Bertz CT molecular complexity index is 790. The van der Waals surface area contributed by atoms with Crippen molar-refractivity contribution in [2.24, 2.45) is 5.73 Å². The number of ether oxygens (including phenoxy) is 1. The van der Waals surface area contributed by atoms with Gasteiger partial charge in [-0.1, -0.05) is 38.3 Å². The van der Waals surface area contributed by atoms with Crippen LogP contribution >= 0.6 is 0 Å². The molecule has 2 heterocycles. The molecule has 1 aromatic carbocycles. The van der Waals surface area contributed by atoms with E-state index in [1.807, 2.05) is 20.8 Å². The van der Waals surface area contributed by atoms with Crippen LogP contribution in [0.1, 0.15) is 57.2 Å². The number of amides is 1. The van der Waals surface area contributed by atoms with Gasteiger partial charge < -0.3 is 20.7 Å². The molecule has 2 aliphatic rings. The van der Waals surface area contributed by atoms with Crippen LogP contribution in [0, 0.1) is 0 Å². The van der Waals surface area contributed by atoms with E-state index in [0.29, 0.717) is 6.42 Å². The molecule has 28 heavy (non-hydrogen) atoms. The van der Waals surface area contributed by atoms with Gasteiger partial charge in [0.25, 0.3) is 0 Å². The Morgan fingerprint density at radius 2 is 2.04 bits per heavy atom. The van der Waals surface area contributed by atoms with Crippen LogP contribution in [-0.2, 0) is 22.5 Å². The van der Waals surface area contributed by atoms with Crippen molar-refractivity contribution in [2.45, 2.75) is 65.1 Å². The summed E-state index contributed by atoms with van der Waals surface area (Å²) in [6.07, 6.45) is 2.41. The first-order chi connectivity index (χ1) is 13.0. The molecule has 152 valence electrons. The Morgan fingerprint density at radius 3 is 2.54 bits per heavy atom. The largest absolute Gasteiger partial charge is 0.474 e. The summed E-state index contributed by atoms with van der Waals surface area (Å²) < 4.78 is 5.02. The summed E-state index contributed by atoms with van der Waals surface area (Å²) in [5.74, 6) is 0.348. The third-order valence-corrected chi connectivity index (χ3v) is 4.80. The molecule has 1 fully saturated rings. The van der Waals surface area contributed by atoms with Gasteiger partial charge in [0.2, 0.25) is 5.91 Å². The summed E-state index contributed by atoms with van der Waals surface area (Å²) in [6.45, 7) is 20.5. The Hall–Kier alpha value is -2.69. The van der Waals surface area contributed by atoms with Crippen molar-refractivity contribution >= 4 is 11.6 Å². The van der Waals surface area contributed by atoms with E-state index in [1.165, 1.54) is 16.7 Å². The van der Waals surface area contributed by atoms with Gasteiger partial charge in [-0.3, -0.25) is 4.79 Å². The number of benzene rings is 1. The third-order valence-electron chi connectivity index (χ3n) is 4.80. The van der Waals surface area contributed by atoms with Crippen molar-refractivity contribution in [3.63, 3.8) is 0 Å². The minimum absolute atomic E-state index is 0.0721. The molecule has 1 aromatic rings. The fraction of sp³-hybridized carbons (Fsp3) is 0.435. The number of piperidine rings is 1. The lowest BCUT2D eigenvalue weighted by Gasteiger charge is -2.35. The van der Waals surface area contributed by atoms with E-state index in [-0.39, 0.29) is 23.4 Å². The molecular weight excluding hydrogens is 350 g/mol. The zero-order valence-electron chi connectivity index (χ0n) is 17.6. The number of rotatable bonds is 3. The number of carbonyl (C=O) groups is 1. The van der Waals surface area contributed by atoms with Gasteiger partial charge in [-0.25, -0.2) is 0 Å². The highest BCUT2D eigenvalue weighted by Gasteiger charge is 2.33. The second-order valence-corrected chi connectivity index (χ2v) is 8.18. The lowest BCUT2D eigenvalue weighted by atomic mass is 10.0. The second kappa shape index (κ2) is 8.55. The highest BCUT2D eigenvalue weighted by atomic mass is 16.5. The Labute approximate surface area is 168 Å². The highest BCUT2D eigenvalue weighted by molar-refractivity contribution is 5.80. The molecular formula is C23H33N3O2. The predicted molar refractivity (Wildman–Crippen MR) is 115 cm³/mol. The number of nitrogens with one attached hydrogen (secondary N) is 1. The summed E-state index contributed by atoms with van der Waals surface area (Å²) in [5.41, 5.74) is 10.8. The molecule has 0 bridgehead atoms. The maximum absolute atomic E-state index is 11.4. The van der Waals surface area contributed by atoms with Crippen LogP contribution in [0.5, 0.6) is 0 Å². The van der Waals surface area contributed by atoms with E-state index < -0.39 is 0 Å². The topological polar surface area (TPSA) is 67.6 Å². The third kappa shape index (κ3) is 5.18. The molecule has 1 amide bonds. The molecule has 2 aliphatic heterocycles. The number of hydrogen-bond acceptors (Lipinski definition) is 4. The monoisotopic (exact) mass is 383 g/mol. The fourth-order valence-electron chi connectivity index (χ4n) is 3.65. The summed E-state index contributed by atoms with van der Waals surface area (Å²) in [4.78, 5) is 13.7. The van der Waals surface area contributed by atoms with Gasteiger partial charge in [0, 0.05) is 29.9 Å². The first kappa shape index (κ1) is 21.6. The van der Waals surface area contributed by atoms with Crippen molar-refractivity contribution in [3.05, 3.63) is 66.2 Å². The Morgan fingerprint density at radius 1 is 1.36 bits per heavy atom.